The van der Waals surface area contributed by atoms with E-state index in [9.17, 15) is 4.79 Å². The molecular weight excluding hydrogens is 322 g/mol. The molecule has 0 N–H and O–H groups in total. The van der Waals surface area contributed by atoms with Crippen molar-refractivity contribution in [3.8, 4) is 17.2 Å². The Kier molecular flexibility index (Phi) is 4.48. The van der Waals surface area contributed by atoms with E-state index in [1.807, 2.05) is 12.1 Å². The fourth-order valence-corrected chi connectivity index (χ4v) is 2.37. The molecule has 25 heavy (non-hydrogen) atoms. The largest absolute Gasteiger partial charge is 0.493 e. The number of para-hydroxylation sites is 2. The zero-order valence-corrected chi connectivity index (χ0v) is 13.7. The molecule has 1 aromatic heterocycles. The standard InChI is InChI=1S/C17H15N5O3/c1-18-13-7-6-8-14(22-17(23)21(2)19-20-22)12(13)11-25-16-10-5-4-9-15(16)24-3/h4-10H,11H2,2-3H3. The molecule has 0 fully saturated rings. The highest BCUT2D eigenvalue weighted by atomic mass is 16.5. The van der Waals surface area contributed by atoms with Gasteiger partial charge >= 0.3 is 5.69 Å². The van der Waals surface area contributed by atoms with Gasteiger partial charge in [0.1, 0.15) is 6.61 Å². The number of hydrogen-bond donors (Lipinski definition) is 0. The molecule has 0 amide bonds. The van der Waals surface area contributed by atoms with E-state index < -0.39 is 5.69 Å². The summed E-state index contributed by atoms with van der Waals surface area (Å²) in [6, 6.07) is 12.3. The smallest absolute Gasteiger partial charge is 0.368 e. The second kappa shape index (κ2) is 6.88. The molecular formula is C17H15N5O3. The van der Waals surface area contributed by atoms with Crippen molar-refractivity contribution >= 4 is 5.69 Å². The Labute approximate surface area is 143 Å². The Morgan fingerprint density at radius 1 is 1.12 bits per heavy atom. The first kappa shape index (κ1) is 16.3. The monoisotopic (exact) mass is 337 g/mol. The second-order valence-electron chi connectivity index (χ2n) is 5.12. The van der Waals surface area contributed by atoms with Gasteiger partial charge in [0.2, 0.25) is 0 Å². The van der Waals surface area contributed by atoms with Gasteiger partial charge in [0.15, 0.2) is 17.2 Å². The summed E-state index contributed by atoms with van der Waals surface area (Å²) < 4.78 is 13.4. The van der Waals surface area contributed by atoms with Crippen LogP contribution < -0.4 is 15.2 Å². The molecule has 8 heteroatoms. The lowest BCUT2D eigenvalue weighted by Gasteiger charge is -2.13. The number of tetrazole rings is 1. The van der Waals surface area contributed by atoms with E-state index in [0.717, 1.165) is 9.36 Å². The van der Waals surface area contributed by atoms with Gasteiger partial charge in [-0.25, -0.2) is 9.64 Å². The summed E-state index contributed by atoms with van der Waals surface area (Å²) in [5, 5.41) is 7.56. The maximum Gasteiger partial charge on any atom is 0.368 e. The average molecular weight is 337 g/mol. The van der Waals surface area contributed by atoms with E-state index in [1.54, 1.807) is 37.4 Å². The number of benzene rings is 2. The number of methoxy groups -OCH3 is 1. The Morgan fingerprint density at radius 3 is 2.52 bits per heavy atom. The zero-order valence-electron chi connectivity index (χ0n) is 13.7. The number of nitrogens with zero attached hydrogens (tertiary/aromatic N) is 5. The zero-order chi connectivity index (χ0) is 17.8. The lowest BCUT2D eigenvalue weighted by Crippen LogP contribution is -2.23. The van der Waals surface area contributed by atoms with Crippen molar-refractivity contribution in [1.82, 2.24) is 19.8 Å². The quantitative estimate of drug-likeness (QED) is 0.667. The van der Waals surface area contributed by atoms with Gasteiger partial charge in [-0.1, -0.05) is 24.3 Å². The van der Waals surface area contributed by atoms with Crippen molar-refractivity contribution < 1.29 is 9.47 Å². The number of aromatic nitrogens is 4. The van der Waals surface area contributed by atoms with Crippen molar-refractivity contribution in [2.75, 3.05) is 7.11 Å². The van der Waals surface area contributed by atoms with Gasteiger partial charge in [-0.3, -0.25) is 0 Å². The number of ether oxygens (including phenoxy) is 2. The van der Waals surface area contributed by atoms with E-state index in [2.05, 4.69) is 15.3 Å². The van der Waals surface area contributed by atoms with Crippen LogP contribution in [0.5, 0.6) is 11.5 Å². The van der Waals surface area contributed by atoms with Crippen LogP contribution in [0.25, 0.3) is 10.5 Å². The van der Waals surface area contributed by atoms with Gasteiger partial charge in [-0.05, 0) is 28.6 Å². The van der Waals surface area contributed by atoms with Gasteiger partial charge < -0.3 is 9.47 Å². The molecule has 0 radical (unpaired) electrons. The van der Waals surface area contributed by atoms with Gasteiger partial charge in [-0.2, -0.15) is 9.36 Å². The third-order valence-electron chi connectivity index (χ3n) is 3.64. The molecule has 0 saturated heterocycles. The summed E-state index contributed by atoms with van der Waals surface area (Å²) in [6.07, 6.45) is 0. The molecule has 0 aliphatic carbocycles. The highest BCUT2D eigenvalue weighted by Crippen LogP contribution is 2.30. The third kappa shape index (κ3) is 3.07. The SMILES string of the molecule is [C-]#[N+]c1cccc(-n2nnn(C)c2=O)c1COc1ccccc1OC. The van der Waals surface area contributed by atoms with Gasteiger partial charge in [0.05, 0.1) is 19.4 Å². The fraction of sp³-hybridized carbons (Fsp3) is 0.176. The number of hydrogen-bond acceptors (Lipinski definition) is 5. The molecule has 0 atom stereocenters. The van der Waals surface area contributed by atoms with Crippen molar-refractivity contribution in [3.05, 3.63) is 69.9 Å². The van der Waals surface area contributed by atoms with Crippen LogP contribution in [0.4, 0.5) is 5.69 Å². The molecule has 1 heterocycles. The molecule has 0 unspecified atom stereocenters. The summed E-state index contributed by atoms with van der Waals surface area (Å²) in [5.74, 6) is 1.13. The summed E-state index contributed by atoms with van der Waals surface area (Å²) in [4.78, 5) is 15.7. The van der Waals surface area contributed by atoms with E-state index in [-0.39, 0.29) is 6.61 Å². The van der Waals surface area contributed by atoms with Crippen LogP contribution in [0.3, 0.4) is 0 Å². The number of aryl methyl sites for hydroxylation is 1. The Hall–Kier alpha value is -3.60. The Morgan fingerprint density at radius 2 is 1.88 bits per heavy atom. The Bertz CT molecular complexity index is 1000. The van der Waals surface area contributed by atoms with Crippen molar-refractivity contribution in [2.24, 2.45) is 7.05 Å². The Balaban J connectivity index is 2.02. The minimum Gasteiger partial charge on any atom is -0.493 e. The van der Waals surface area contributed by atoms with Gasteiger partial charge in [0.25, 0.3) is 0 Å². The van der Waals surface area contributed by atoms with E-state index in [1.165, 1.54) is 7.05 Å². The fourth-order valence-electron chi connectivity index (χ4n) is 2.37. The van der Waals surface area contributed by atoms with Crippen LogP contribution in [0.2, 0.25) is 0 Å². The van der Waals surface area contributed by atoms with E-state index >= 15 is 0 Å². The molecule has 0 aliphatic heterocycles. The highest BCUT2D eigenvalue weighted by Gasteiger charge is 2.16. The van der Waals surface area contributed by atoms with Crippen molar-refractivity contribution in [3.63, 3.8) is 0 Å². The second-order valence-corrected chi connectivity index (χ2v) is 5.12. The maximum atomic E-state index is 12.2. The normalized spacial score (nSPS) is 10.3. The predicted molar refractivity (Wildman–Crippen MR) is 90.2 cm³/mol. The molecule has 3 aromatic rings. The molecule has 0 saturated carbocycles. The number of rotatable bonds is 5. The van der Waals surface area contributed by atoms with Gasteiger partial charge in [0, 0.05) is 12.6 Å². The first-order valence-corrected chi connectivity index (χ1v) is 7.40. The van der Waals surface area contributed by atoms with Crippen molar-refractivity contribution in [1.29, 1.82) is 0 Å². The van der Waals surface area contributed by atoms with Crippen LogP contribution in [-0.4, -0.2) is 26.9 Å². The third-order valence-corrected chi connectivity index (χ3v) is 3.64. The molecule has 2 aromatic carbocycles. The lowest BCUT2D eigenvalue weighted by molar-refractivity contribution is 0.284. The summed E-state index contributed by atoms with van der Waals surface area (Å²) in [5.41, 5.74) is 0.984. The molecule has 0 spiro atoms. The molecule has 8 nitrogen and oxygen atoms in total. The molecule has 3 rings (SSSR count). The first-order valence-electron chi connectivity index (χ1n) is 7.40. The lowest BCUT2D eigenvalue weighted by atomic mass is 10.1. The minimum atomic E-state index is -0.402. The highest BCUT2D eigenvalue weighted by molar-refractivity contribution is 5.60. The topological polar surface area (TPSA) is 75.5 Å². The van der Waals surface area contributed by atoms with E-state index in [4.69, 9.17) is 16.0 Å². The van der Waals surface area contributed by atoms with Crippen molar-refractivity contribution in [2.45, 2.75) is 6.61 Å². The summed E-state index contributed by atoms with van der Waals surface area (Å²) in [6.45, 7) is 7.46. The van der Waals surface area contributed by atoms with Crippen LogP contribution in [-0.2, 0) is 13.7 Å². The van der Waals surface area contributed by atoms with Crippen LogP contribution in [0.15, 0.2) is 47.3 Å². The maximum absolute atomic E-state index is 12.2. The first-order chi connectivity index (χ1) is 12.2. The average Bonchev–Trinajstić information content (AvgIpc) is 2.98. The van der Waals surface area contributed by atoms with Gasteiger partial charge in [-0.15, -0.1) is 0 Å². The molecule has 0 bridgehead atoms. The van der Waals surface area contributed by atoms with Crippen LogP contribution in [0.1, 0.15) is 5.56 Å². The van der Waals surface area contributed by atoms with Crippen LogP contribution in [0, 0.1) is 6.57 Å². The van der Waals surface area contributed by atoms with E-state index in [0.29, 0.717) is 28.4 Å². The predicted octanol–water partition coefficient (Wildman–Crippen LogP) is 2.10. The summed E-state index contributed by atoms with van der Waals surface area (Å²) >= 11 is 0. The minimum absolute atomic E-state index is 0.0806. The van der Waals surface area contributed by atoms with Crippen LogP contribution >= 0.6 is 0 Å². The summed E-state index contributed by atoms with van der Waals surface area (Å²) in [7, 11) is 3.06. The molecule has 0 aliphatic rings. The molecule has 126 valence electrons.